The third-order valence-electron chi connectivity index (χ3n) is 2.92. The van der Waals surface area contributed by atoms with Gasteiger partial charge in [0.1, 0.15) is 5.60 Å². The van der Waals surface area contributed by atoms with Gasteiger partial charge in [0.05, 0.1) is 12.2 Å². The number of nitrogens with one attached hydrogen (secondary N) is 2. The Bertz CT molecular complexity index is 590. The minimum Gasteiger partial charge on any atom is -0.462 e. The minimum atomic E-state index is -0.502. The maximum atomic E-state index is 11.8. The highest BCUT2D eigenvalue weighted by molar-refractivity contribution is 5.92. The molecule has 0 radical (unpaired) electrons. The molecule has 0 saturated heterocycles. The van der Waals surface area contributed by atoms with Gasteiger partial charge in [0.25, 0.3) is 0 Å². The average molecular weight is 350 g/mol. The molecule has 2 N–H and O–H groups in total. The van der Waals surface area contributed by atoms with Crippen molar-refractivity contribution in [3.8, 4) is 0 Å². The van der Waals surface area contributed by atoms with Crippen molar-refractivity contribution >= 4 is 23.7 Å². The summed E-state index contributed by atoms with van der Waals surface area (Å²) in [6.07, 6.45) is 0.732. The van der Waals surface area contributed by atoms with Gasteiger partial charge in [0.15, 0.2) is 0 Å². The topological polar surface area (TPSA) is 93.7 Å². The predicted octanol–water partition coefficient (Wildman–Crippen LogP) is 3.11. The van der Waals surface area contributed by atoms with Gasteiger partial charge in [-0.25, -0.2) is 9.59 Å². The minimum absolute atomic E-state index is 0.242. The highest BCUT2D eigenvalue weighted by Crippen LogP contribution is 2.11. The maximum absolute atomic E-state index is 11.8. The van der Waals surface area contributed by atoms with Gasteiger partial charge in [-0.05, 0) is 58.4 Å². The molecule has 7 heteroatoms. The summed E-state index contributed by atoms with van der Waals surface area (Å²) in [7, 11) is 0. The normalized spacial score (nSPS) is 10.7. The number of carbonyl (C=O) groups excluding carboxylic acids is 3. The fourth-order valence-corrected chi connectivity index (χ4v) is 1.91. The summed E-state index contributed by atoms with van der Waals surface area (Å²) < 4.78 is 10.1. The number of hydrogen-bond donors (Lipinski definition) is 2. The molecule has 1 aromatic carbocycles. The fourth-order valence-electron chi connectivity index (χ4n) is 1.91. The molecule has 0 aliphatic rings. The molecule has 0 fully saturated rings. The van der Waals surface area contributed by atoms with E-state index in [1.54, 1.807) is 31.2 Å². The molecule has 138 valence electrons. The van der Waals surface area contributed by atoms with Crippen LogP contribution in [0.2, 0.25) is 0 Å². The van der Waals surface area contributed by atoms with Gasteiger partial charge in [-0.3, -0.25) is 4.79 Å². The monoisotopic (exact) mass is 350 g/mol. The molecule has 1 aromatic rings. The first-order valence-electron chi connectivity index (χ1n) is 8.25. The molecule has 0 aliphatic carbocycles. The Kier molecular flexibility index (Phi) is 7.91. The van der Waals surface area contributed by atoms with Crippen LogP contribution in [0.25, 0.3) is 0 Å². The molecule has 0 spiro atoms. The Balaban J connectivity index is 2.30. The SMILES string of the molecule is CCOC(=O)c1ccc(NC(=O)NCCCC(=O)OC(C)(C)C)cc1. The van der Waals surface area contributed by atoms with Crippen molar-refractivity contribution in [3.63, 3.8) is 0 Å². The van der Waals surface area contributed by atoms with Crippen molar-refractivity contribution in [2.75, 3.05) is 18.5 Å². The summed E-state index contributed by atoms with van der Waals surface area (Å²) >= 11 is 0. The second-order valence-corrected chi connectivity index (χ2v) is 6.37. The van der Waals surface area contributed by atoms with Crippen molar-refractivity contribution in [1.29, 1.82) is 0 Å². The smallest absolute Gasteiger partial charge is 0.338 e. The van der Waals surface area contributed by atoms with Gasteiger partial charge in [-0.2, -0.15) is 0 Å². The average Bonchev–Trinajstić information content (AvgIpc) is 2.51. The second kappa shape index (κ2) is 9.66. The molecule has 0 saturated carbocycles. The van der Waals surface area contributed by atoms with Crippen LogP contribution in [0.15, 0.2) is 24.3 Å². The van der Waals surface area contributed by atoms with Gasteiger partial charge in [-0.15, -0.1) is 0 Å². The maximum Gasteiger partial charge on any atom is 0.338 e. The molecule has 1 rings (SSSR count). The molecule has 25 heavy (non-hydrogen) atoms. The van der Waals surface area contributed by atoms with Gasteiger partial charge in [0.2, 0.25) is 0 Å². The number of rotatable bonds is 7. The zero-order valence-electron chi connectivity index (χ0n) is 15.2. The summed E-state index contributed by atoms with van der Waals surface area (Å²) in [5, 5.41) is 5.31. The van der Waals surface area contributed by atoms with E-state index in [0.717, 1.165) is 0 Å². The number of ether oxygens (including phenoxy) is 2. The van der Waals surface area contributed by atoms with Crippen LogP contribution in [0.3, 0.4) is 0 Å². The molecule has 0 unspecified atom stereocenters. The van der Waals surface area contributed by atoms with E-state index in [0.29, 0.717) is 30.8 Å². The quantitative estimate of drug-likeness (QED) is 0.582. The summed E-state index contributed by atoms with van der Waals surface area (Å²) in [6.45, 7) is 7.83. The molecular formula is C18H26N2O5. The molecular weight excluding hydrogens is 324 g/mol. The number of hydrogen-bond acceptors (Lipinski definition) is 5. The van der Waals surface area contributed by atoms with Crippen LogP contribution < -0.4 is 10.6 Å². The van der Waals surface area contributed by atoms with Crippen LogP contribution in [0.1, 0.15) is 50.9 Å². The number of anilines is 1. The van der Waals surface area contributed by atoms with Crippen LogP contribution in [0, 0.1) is 0 Å². The lowest BCUT2D eigenvalue weighted by Crippen LogP contribution is -2.30. The van der Waals surface area contributed by atoms with Crippen LogP contribution in [0.4, 0.5) is 10.5 Å². The lowest BCUT2D eigenvalue weighted by atomic mass is 10.2. The number of urea groups is 1. The third kappa shape index (κ3) is 8.74. The molecule has 0 heterocycles. The molecule has 0 bridgehead atoms. The number of amides is 2. The summed E-state index contributed by atoms with van der Waals surface area (Å²) in [6, 6.07) is 6.01. The van der Waals surface area contributed by atoms with Crippen molar-refractivity contribution in [1.82, 2.24) is 5.32 Å². The number of esters is 2. The zero-order chi connectivity index (χ0) is 18.9. The Morgan fingerprint density at radius 1 is 1.08 bits per heavy atom. The van der Waals surface area contributed by atoms with Gasteiger partial charge in [-0.1, -0.05) is 0 Å². The fraction of sp³-hybridized carbons (Fsp3) is 0.500. The Labute approximate surface area is 148 Å². The summed E-state index contributed by atoms with van der Waals surface area (Å²) in [5.74, 6) is -0.690. The van der Waals surface area contributed by atoms with Crippen molar-refractivity contribution in [2.45, 2.75) is 46.1 Å². The summed E-state index contributed by atoms with van der Waals surface area (Å²) in [4.78, 5) is 34.9. The second-order valence-electron chi connectivity index (χ2n) is 6.37. The molecule has 2 amide bonds. The van der Waals surface area contributed by atoms with E-state index in [-0.39, 0.29) is 18.4 Å². The van der Waals surface area contributed by atoms with Crippen molar-refractivity contribution < 1.29 is 23.9 Å². The first-order valence-corrected chi connectivity index (χ1v) is 8.25. The lowest BCUT2D eigenvalue weighted by molar-refractivity contribution is -0.154. The largest absolute Gasteiger partial charge is 0.462 e. The predicted molar refractivity (Wildman–Crippen MR) is 94.5 cm³/mol. The van der Waals surface area contributed by atoms with E-state index < -0.39 is 11.6 Å². The van der Waals surface area contributed by atoms with Crippen LogP contribution in [0.5, 0.6) is 0 Å². The van der Waals surface area contributed by atoms with E-state index >= 15 is 0 Å². The van der Waals surface area contributed by atoms with E-state index in [2.05, 4.69) is 10.6 Å². The Morgan fingerprint density at radius 3 is 2.28 bits per heavy atom. The molecule has 0 atom stereocenters. The highest BCUT2D eigenvalue weighted by atomic mass is 16.6. The number of benzene rings is 1. The first kappa shape index (κ1) is 20.5. The van der Waals surface area contributed by atoms with E-state index in [4.69, 9.17) is 9.47 Å². The van der Waals surface area contributed by atoms with E-state index in [1.807, 2.05) is 20.8 Å². The Morgan fingerprint density at radius 2 is 1.72 bits per heavy atom. The van der Waals surface area contributed by atoms with Gasteiger partial charge in [0, 0.05) is 18.7 Å². The van der Waals surface area contributed by atoms with Gasteiger partial charge >= 0.3 is 18.0 Å². The van der Waals surface area contributed by atoms with Crippen molar-refractivity contribution in [2.24, 2.45) is 0 Å². The van der Waals surface area contributed by atoms with Crippen LogP contribution >= 0.6 is 0 Å². The Hall–Kier alpha value is -2.57. The van der Waals surface area contributed by atoms with Crippen molar-refractivity contribution in [3.05, 3.63) is 29.8 Å². The molecule has 0 aliphatic heterocycles. The van der Waals surface area contributed by atoms with Gasteiger partial charge < -0.3 is 20.1 Å². The van der Waals surface area contributed by atoms with Crippen LogP contribution in [-0.4, -0.2) is 36.7 Å². The standard InChI is InChI=1S/C18H26N2O5/c1-5-24-16(22)13-8-10-14(11-9-13)20-17(23)19-12-6-7-15(21)25-18(2,3)4/h8-11H,5-7,12H2,1-4H3,(H2,19,20,23). The highest BCUT2D eigenvalue weighted by Gasteiger charge is 2.15. The first-order chi connectivity index (χ1) is 11.7. The lowest BCUT2D eigenvalue weighted by Gasteiger charge is -2.19. The molecule has 0 aromatic heterocycles. The third-order valence-corrected chi connectivity index (χ3v) is 2.92. The zero-order valence-corrected chi connectivity index (χ0v) is 15.2. The molecule has 7 nitrogen and oxygen atoms in total. The van der Waals surface area contributed by atoms with E-state index in [9.17, 15) is 14.4 Å². The van der Waals surface area contributed by atoms with E-state index in [1.165, 1.54) is 0 Å². The van der Waals surface area contributed by atoms with Crippen LogP contribution in [-0.2, 0) is 14.3 Å². The summed E-state index contributed by atoms with van der Waals surface area (Å²) in [5.41, 5.74) is 0.472. The number of carbonyl (C=O) groups is 3.